The molecule has 1 amide bonds. The summed E-state index contributed by atoms with van der Waals surface area (Å²) in [5.74, 6) is 0.128. The van der Waals surface area contributed by atoms with E-state index >= 15 is 0 Å². The molecule has 0 bridgehead atoms. The molecular weight excluding hydrogens is 396 g/mol. The SMILES string of the molecule is COc1cc2nn(C3CCC[C@@](C)(O)C3)cc2cc1C(=O)Nc1cnn2cccnc12. The number of ether oxygens (including phenoxy) is 1. The smallest absolute Gasteiger partial charge is 0.259 e. The number of hydrogen-bond acceptors (Lipinski definition) is 6. The fourth-order valence-corrected chi connectivity index (χ4v) is 4.37. The average Bonchev–Trinajstić information content (AvgIpc) is 3.36. The largest absolute Gasteiger partial charge is 0.496 e. The lowest BCUT2D eigenvalue weighted by Crippen LogP contribution is -2.33. The van der Waals surface area contributed by atoms with E-state index in [4.69, 9.17) is 9.84 Å². The van der Waals surface area contributed by atoms with Gasteiger partial charge in [0.05, 0.1) is 36.0 Å². The van der Waals surface area contributed by atoms with Gasteiger partial charge in [0, 0.05) is 30.0 Å². The Morgan fingerprint density at radius 2 is 2.26 bits per heavy atom. The van der Waals surface area contributed by atoms with Gasteiger partial charge in [-0.3, -0.25) is 9.48 Å². The second-order valence-electron chi connectivity index (χ2n) is 8.37. The van der Waals surface area contributed by atoms with Crippen LogP contribution in [0.15, 0.2) is 43.0 Å². The van der Waals surface area contributed by atoms with Gasteiger partial charge in [-0.1, -0.05) is 0 Å². The number of fused-ring (bicyclic) bond motifs is 2. The predicted molar refractivity (Wildman–Crippen MR) is 115 cm³/mol. The summed E-state index contributed by atoms with van der Waals surface area (Å²) in [4.78, 5) is 17.3. The molecule has 31 heavy (non-hydrogen) atoms. The highest BCUT2D eigenvalue weighted by Crippen LogP contribution is 2.36. The lowest BCUT2D eigenvalue weighted by atomic mass is 9.83. The van der Waals surface area contributed by atoms with Crippen molar-refractivity contribution < 1.29 is 14.6 Å². The molecule has 4 aromatic rings. The zero-order valence-corrected chi connectivity index (χ0v) is 17.4. The summed E-state index contributed by atoms with van der Waals surface area (Å²) in [6.07, 6.45) is 10.3. The minimum absolute atomic E-state index is 0.129. The summed E-state index contributed by atoms with van der Waals surface area (Å²) in [5.41, 5.74) is 1.56. The molecule has 9 heteroatoms. The van der Waals surface area contributed by atoms with Crippen molar-refractivity contribution in [2.75, 3.05) is 12.4 Å². The number of aromatic nitrogens is 5. The first-order chi connectivity index (χ1) is 14.9. The normalized spacial score (nSPS) is 21.5. The Bertz CT molecular complexity index is 1270. The minimum atomic E-state index is -0.674. The molecule has 2 atom stereocenters. The van der Waals surface area contributed by atoms with Gasteiger partial charge in [-0.15, -0.1) is 0 Å². The van der Waals surface area contributed by atoms with E-state index in [-0.39, 0.29) is 11.9 Å². The second-order valence-corrected chi connectivity index (χ2v) is 8.37. The molecule has 0 saturated heterocycles. The number of aliphatic hydroxyl groups is 1. The molecular formula is C22H24N6O3. The second kappa shape index (κ2) is 7.35. The lowest BCUT2D eigenvalue weighted by molar-refractivity contribution is 0.00191. The molecule has 0 spiro atoms. The Hall–Kier alpha value is -3.46. The molecule has 3 heterocycles. The third-order valence-electron chi connectivity index (χ3n) is 5.92. The Labute approximate surface area is 178 Å². The zero-order chi connectivity index (χ0) is 21.6. The minimum Gasteiger partial charge on any atom is -0.496 e. The maximum Gasteiger partial charge on any atom is 0.259 e. The summed E-state index contributed by atoms with van der Waals surface area (Å²) < 4.78 is 8.99. The number of anilines is 1. The number of rotatable bonds is 4. The third kappa shape index (κ3) is 3.61. The maximum atomic E-state index is 13.1. The van der Waals surface area contributed by atoms with Crippen LogP contribution in [0.2, 0.25) is 0 Å². The van der Waals surface area contributed by atoms with Crippen molar-refractivity contribution in [1.82, 2.24) is 24.4 Å². The average molecular weight is 420 g/mol. The van der Waals surface area contributed by atoms with Crippen LogP contribution in [0.1, 0.15) is 49.0 Å². The van der Waals surface area contributed by atoms with Gasteiger partial charge in [0.1, 0.15) is 11.4 Å². The Balaban J connectivity index is 1.47. The monoisotopic (exact) mass is 420 g/mol. The molecule has 160 valence electrons. The van der Waals surface area contributed by atoms with Crippen LogP contribution >= 0.6 is 0 Å². The van der Waals surface area contributed by atoms with Crippen molar-refractivity contribution in [1.29, 1.82) is 0 Å². The van der Waals surface area contributed by atoms with E-state index in [9.17, 15) is 9.90 Å². The van der Waals surface area contributed by atoms with E-state index in [1.54, 1.807) is 41.3 Å². The van der Waals surface area contributed by atoms with E-state index in [1.807, 2.05) is 17.8 Å². The van der Waals surface area contributed by atoms with Gasteiger partial charge in [-0.05, 0) is 44.7 Å². The maximum absolute atomic E-state index is 13.1. The third-order valence-corrected chi connectivity index (χ3v) is 5.92. The number of benzene rings is 1. The van der Waals surface area contributed by atoms with E-state index in [0.717, 1.165) is 30.2 Å². The number of carbonyl (C=O) groups is 1. The number of amides is 1. The van der Waals surface area contributed by atoms with Crippen molar-refractivity contribution in [2.45, 2.75) is 44.2 Å². The predicted octanol–water partition coefficient (Wildman–Crippen LogP) is 3.21. The van der Waals surface area contributed by atoms with Crippen molar-refractivity contribution in [2.24, 2.45) is 0 Å². The van der Waals surface area contributed by atoms with Crippen molar-refractivity contribution in [3.05, 3.63) is 48.5 Å². The number of nitrogens with one attached hydrogen (secondary N) is 1. The number of methoxy groups -OCH3 is 1. The van der Waals surface area contributed by atoms with Gasteiger partial charge in [0.15, 0.2) is 5.65 Å². The van der Waals surface area contributed by atoms with Crippen LogP contribution in [0, 0.1) is 0 Å². The molecule has 2 N–H and O–H groups in total. The molecule has 1 unspecified atom stereocenters. The summed E-state index contributed by atoms with van der Waals surface area (Å²) in [5, 5.41) is 23.1. The fourth-order valence-electron chi connectivity index (χ4n) is 4.37. The number of hydrogen-bond donors (Lipinski definition) is 2. The first-order valence-corrected chi connectivity index (χ1v) is 10.3. The highest BCUT2D eigenvalue weighted by molar-refractivity contribution is 6.09. The number of nitrogens with zero attached hydrogens (tertiary/aromatic N) is 5. The van der Waals surface area contributed by atoms with Crippen LogP contribution < -0.4 is 10.1 Å². The molecule has 0 aliphatic heterocycles. The quantitative estimate of drug-likeness (QED) is 0.525. The summed E-state index contributed by atoms with van der Waals surface area (Å²) in [6.45, 7) is 1.88. The summed E-state index contributed by atoms with van der Waals surface area (Å²) in [7, 11) is 1.53. The topological polar surface area (TPSA) is 107 Å². The zero-order valence-electron chi connectivity index (χ0n) is 17.4. The molecule has 5 rings (SSSR count). The first-order valence-electron chi connectivity index (χ1n) is 10.3. The molecule has 1 aliphatic carbocycles. The number of carbonyl (C=O) groups excluding carboxylic acids is 1. The standard InChI is InChI=1S/C22H24N6O3/c1-22(30)6-3-5-15(11-22)28-13-14-9-16(19(31-2)10-17(14)26-28)21(29)25-18-12-24-27-8-4-7-23-20(18)27/h4,7-10,12-13,15,30H,3,5-6,11H2,1-2H3,(H,25,29)/t15?,22-/m1/s1. The van der Waals surface area contributed by atoms with E-state index in [0.29, 0.717) is 29.1 Å². The first kappa shape index (κ1) is 19.5. The van der Waals surface area contributed by atoms with Crippen LogP contribution in [-0.2, 0) is 0 Å². The van der Waals surface area contributed by atoms with Crippen LogP contribution in [0.3, 0.4) is 0 Å². The van der Waals surface area contributed by atoms with Crippen molar-refractivity contribution in [3.8, 4) is 5.75 Å². The van der Waals surface area contributed by atoms with Crippen LogP contribution in [-0.4, -0.2) is 48.1 Å². The Morgan fingerprint density at radius 1 is 1.39 bits per heavy atom. The van der Waals surface area contributed by atoms with E-state index in [2.05, 4.69) is 15.4 Å². The molecule has 1 aliphatic rings. The lowest BCUT2D eigenvalue weighted by Gasteiger charge is -2.33. The van der Waals surface area contributed by atoms with Gasteiger partial charge in [0.25, 0.3) is 5.91 Å². The van der Waals surface area contributed by atoms with Gasteiger partial charge in [0.2, 0.25) is 0 Å². The summed E-state index contributed by atoms with van der Waals surface area (Å²) in [6, 6.07) is 5.46. The molecule has 1 fully saturated rings. The molecule has 3 aromatic heterocycles. The van der Waals surface area contributed by atoms with Crippen molar-refractivity contribution >= 4 is 28.1 Å². The van der Waals surface area contributed by atoms with Gasteiger partial charge >= 0.3 is 0 Å². The van der Waals surface area contributed by atoms with E-state index < -0.39 is 5.60 Å². The molecule has 1 saturated carbocycles. The van der Waals surface area contributed by atoms with Gasteiger partial charge in [-0.2, -0.15) is 10.2 Å². The highest BCUT2D eigenvalue weighted by Gasteiger charge is 2.31. The molecule has 9 nitrogen and oxygen atoms in total. The van der Waals surface area contributed by atoms with E-state index in [1.165, 1.54) is 7.11 Å². The van der Waals surface area contributed by atoms with Crippen LogP contribution in [0.4, 0.5) is 5.69 Å². The fraction of sp³-hybridized carbons (Fsp3) is 0.364. The molecule has 0 radical (unpaired) electrons. The van der Waals surface area contributed by atoms with Gasteiger partial charge < -0.3 is 15.2 Å². The van der Waals surface area contributed by atoms with Gasteiger partial charge in [-0.25, -0.2) is 9.50 Å². The van der Waals surface area contributed by atoms with Crippen molar-refractivity contribution in [3.63, 3.8) is 0 Å². The molecule has 1 aromatic carbocycles. The highest BCUT2D eigenvalue weighted by atomic mass is 16.5. The summed E-state index contributed by atoms with van der Waals surface area (Å²) >= 11 is 0. The Kier molecular flexibility index (Phi) is 4.62. The Morgan fingerprint density at radius 3 is 3.06 bits per heavy atom. The van der Waals surface area contributed by atoms with Crippen LogP contribution in [0.25, 0.3) is 16.6 Å². The van der Waals surface area contributed by atoms with Crippen LogP contribution in [0.5, 0.6) is 5.75 Å².